The molecule has 0 radical (unpaired) electrons. The molecule has 4 heterocycles. The van der Waals surface area contributed by atoms with Crippen LogP contribution >= 0.6 is 22.7 Å². The molecule has 0 saturated carbocycles. The van der Waals surface area contributed by atoms with Gasteiger partial charge in [0.1, 0.15) is 11.1 Å². The van der Waals surface area contributed by atoms with E-state index >= 15 is 0 Å². The van der Waals surface area contributed by atoms with Gasteiger partial charge in [0.15, 0.2) is 0 Å². The van der Waals surface area contributed by atoms with E-state index in [4.69, 9.17) is 4.74 Å². The Morgan fingerprint density at radius 3 is 2.61 bits per heavy atom. The highest BCUT2D eigenvalue weighted by Gasteiger charge is 2.25. The van der Waals surface area contributed by atoms with Crippen LogP contribution in [-0.4, -0.2) is 20.7 Å². The molecule has 28 heavy (non-hydrogen) atoms. The van der Waals surface area contributed by atoms with Crippen LogP contribution in [0.4, 0.5) is 4.79 Å². The van der Waals surface area contributed by atoms with Gasteiger partial charge in [0.05, 0.1) is 25.9 Å². The van der Waals surface area contributed by atoms with Crippen LogP contribution in [0.3, 0.4) is 0 Å². The maximum Gasteiger partial charge on any atom is 0.422 e. The maximum absolute atomic E-state index is 13.4. The molecular weight excluding hydrogens is 392 g/mol. The molecule has 0 fully saturated rings. The normalized spacial score (nSPS) is 12.6. The molecule has 0 aliphatic heterocycles. The van der Waals surface area contributed by atoms with Crippen molar-refractivity contribution in [2.75, 3.05) is 0 Å². The third-order valence-electron chi connectivity index (χ3n) is 4.71. The number of aromatic nitrogens is 2. The first-order valence-electron chi connectivity index (χ1n) is 8.95. The molecule has 7 heteroatoms. The molecule has 142 valence electrons. The second-order valence-corrected chi connectivity index (χ2v) is 9.86. The number of hydrogen-bond donors (Lipinski definition) is 0. The van der Waals surface area contributed by atoms with Crippen molar-refractivity contribution in [3.8, 4) is 0 Å². The maximum atomic E-state index is 13.4. The van der Waals surface area contributed by atoms with Gasteiger partial charge in [-0.3, -0.25) is 4.79 Å². The number of thiophene rings is 2. The van der Waals surface area contributed by atoms with Crippen LogP contribution in [-0.2, 0) is 4.74 Å². The molecule has 0 bridgehead atoms. The Morgan fingerprint density at radius 2 is 1.86 bits per heavy atom. The van der Waals surface area contributed by atoms with E-state index in [9.17, 15) is 9.59 Å². The lowest BCUT2D eigenvalue weighted by molar-refractivity contribution is 0.0539. The van der Waals surface area contributed by atoms with E-state index < -0.39 is 11.7 Å². The standard InChI is InChI=1S/C21H18N2O3S2/c1-11-6-5-7-12-16(11)22-13(19(24)23(12)20(25)26-21(2,3)4)10-15-17(22)18-14(28-15)8-9-27-18/h5-10H,1-4H3. The van der Waals surface area contributed by atoms with Crippen molar-refractivity contribution in [3.63, 3.8) is 0 Å². The molecule has 0 aliphatic carbocycles. The van der Waals surface area contributed by atoms with Crippen molar-refractivity contribution in [2.45, 2.75) is 33.3 Å². The minimum atomic E-state index is -0.690. The van der Waals surface area contributed by atoms with Crippen LogP contribution in [0.5, 0.6) is 0 Å². The number of para-hydroxylation sites is 1. The minimum Gasteiger partial charge on any atom is -0.443 e. The zero-order chi connectivity index (χ0) is 19.8. The highest BCUT2D eigenvalue weighted by molar-refractivity contribution is 7.32. The van der Waals surface area contributed by atoms with Crippen molar-refractivity contribution in [3.05, 3.63) is 51.6 Å². The van der Waals surface area contributed by atoms with E-state index in [0.717, 1.165) is 25.9 Å². The minimum absolute atomic E-state index is 0.361. The van der Waals surface area contributed by atoms with Crippen LogP contribution in [0.25, 0.3) is 36.2 Å². The van der Waals surface area contributed by atoms with Crippen molar-refractivity contribution in [2.24, 2.45) is 0 Å². The Balaban J connectivity index is 2.00. The van der Waals surface area contributed by atoms with Crippen LogP contribution in [0, 0.1) is 6.92 Å². The Labute approximate surface area is 168 Å². The fourth-order valence-corrected chi connectivity index (χ4v) is 5.95. The number of aryl methyl sites for hydroxylation is 1. The summed E-state index contributed by atoms with van der Waals surface area (Å²) in [5, 5.41) is 2.07. The first-order chi connectivity index (χ1) is 13.3. The number of carbonyl (C=O) groups is 1. The van der Waals surface area contributed by atoms with Gasteiger partial charge >= 0.3 is 6.09 Å². The van der Waals surface area contributed by atoms with E-state index in [-0.39, 0.29) is 5.56 Å². The fourth-order valence-electron chi connectivity index (χ4n) is 3.67. The summed E-state index contributed by atoms with van der Waals surface area (Å²) in [6.45, 7) is 7.38. The van der Waals surface area contributed by atoms with Gasteiger partial charge < -0.3 is 9.14 Å². The lowest BCUT2D eigenvalue weighted by Gasteiger charge is -2.21. The zero-order valence-electron chi connectivity index (χ0n) is 15.9. The van der Waals surface area contributed by atoms with Gasteiger partial charge in [-0.2, -0.15) is 0 Å². The number of hydrogen-bond acceptors (Lipinski definition) is 5. The van der Waals surface area contributed by atoms with Crippen molar-refractivity contribution >= 4 is 64.9 Å². The van der Waals surface area contributed by atoms with Crippen LogP contribution in [0.2, 0.25) is 0 Å². The molecule has 0 saturated heterocycles. The van der Waals surface area contributed by atoms with Crippen LogP contribution < -0.4 is 5.56 Å². The van der Waals surface area contributed by atoms with Crippen molar-refractivity contribution in [1.29, 1.82) is 0 Å². The second-order valence-electron chi connectivity index (χ2n) is 7.86. The van der Waals surface area contributed by atoms with E-state index in [2.05, 4.69) is 11.4 Å². The first kappa shape index (κ1) is 17.5. The summed E-state index contributed by atoms with van der Waals surface area (Å²) >= 11 is 3.34. The number of ether oxygens (including phenoxy) is 1. The smallest absolute Gasteiger partial charge is 0.422 e. The van der Waals surface area contributed by atoms with E-state index in [1.807, 2.05) is 29.5 Å². The molecule has 0 N–H and O–H groups in total. The second kappa shape index (κ2) is 5.68. The quantitative estimate of drug-likeness (QED) is 0.325. The Bertz CT molecular complexity index is 1470. The van der Waals surface area contributed by atoms with Crippen LogP contribution in [0.15, 0.2) is 40.5 Å². The van der Waals surface area contributed by atoms with Gasteiger partial charge in [0, 0.05) is 4.70 Å². The lowest BCUT2D eigenvalue weighted by atomic mass is 10.2. The van der Waals surface area contributed by atoms with Gasteiger partial charge in [-0.15, -0.1) is 22.7 Å². The Kier molecular flexibility index (Phi) is 3.54. The van der Waals surface area contributed by atoms with Crippen molar-refractivity contribution < 1.29 is 9.53 Å². The summed E-state index contributed by atoms with van der Waals surface area (Å²) in [7, 11) is 0. The summed E-state index contributed by atoms with van der Waals surface area (Å²) in [6, 6.07) is 9.65. The Morgan fingerprint density at radius 1 is 1.07 bits per heavy atom. The zero-order valence-corrected chi connectivity index (χ0v) is 17.5. The molecule has 0 unspecified atom stereocenters. The summed E-state index contributed by atoms with van der Waals surface area (Å²) in [6.07, 6.45) is -0.651. The van der Waals surface area contributed by atoms with Gasteiger partial charge in [-0.1, -0.05) is 12.1 Å². The molecule has 1 aromatic carbocycles. The van der Waals surface area contributed by atoms with E-state index in [1.54, 1.807) is 49.5 Å². The summed E-state index contributed by atoms with van der Waals surface area (Å²) in [5.74, 6) is 0. The predicted molar refractivity (Wildman–Crippen MR) is 116 cm³/mol. The number of benzene rings is 1. The van der Waals surface area contributed by atoms with E-state index in [0.29, 0.717) is 11.0 Å². The van der Waals surface area contributed by atoms with Crippen molar-refractivity contribution in [1.82, 2.24) is 8.97 Å². The molecule has 0 spiro atoms. The molecule has 0 aliphatic rings. The monoisotopic (exact) mass is 410 g/mol. The molecule has 5 aromatic rings. The summed E-state index contributed by atoms with van der Waals surface area (Å²) < 4.78 is 12.1. The third kappa shape index (κ3) is 2.36. The average molecular weight is 411 g/mol. The van der Waals surface area contributed by atoms with Gasteiger partial charge in [0.2, 0.25) is 0 Å². The number of carbonyl (C=O) groups excluding carboxylic acids is 1. The summed E-state index contributed by atoms with van der Waals surface area (Å²) in [4.78, 5) is 26.3. The Hall–Kier alpha value is -2.64. The molecule has 4 aromatic heterocycles. The molecule has 0 amide bonds. The predicted octanol–water partition coefficient (Wildman–Crippen LogP) is 5.78. The van der Waals surface area contributed by atoms with Crippen LogP contribution in [0.1, 0.15) is 26.3 Å². The van der Waals surface area contributed by atoms with Gasteiger partial charge in [-0.25, -0.2) is 9.36 Å². The first-order valence-corrected chi connectivity index (χ1v) is 10.6. The van der Waals surface area contributed by atoms with Gasteiger partial charge in [0.25, 0.3) is 5.56 Å². The summed E-state index contributed by atoms with van der Waals surface area (Å²) in [5.41, 5.74) is 2.88. The third-order valence-corrected chi connectivity index (χ3v) is 6.85. The highest BCUT2D eigenvalue weighted by atomic mass is 32.1. The van der Waals surface area contributed by atoms with Gasteiger partial charge in [-0.05, 0) is 56.8 Å². The largest absolute Gasteiger partial charge is 0.443 e. The molecule has 0 atom stereocenters. The molecule has 5 nitrogen and oxygen atoms in total. The number of rotatable bonds is 0. The SMILES string of the molecule is Cc1cccc2c1n1c(cc3sc4ccsc4c31)c(=O)n2C(=O)OC(C)(C)C. The molecule has 5 rings (SSSR count). The molecular formula is C21H18N2O3S2. The average Bonchev–Trinajstić information content (AvgIpc) is 3.24. The fraction of sp³-hybridized carbons (Fsp3) is 0.238. The number of nitrogens with zero attached hydrogens (tertiary/aromatic N) is 2. The topological polar surface area (TPSA) is 52.7 Å². The van der Waals surface area contributed by atoms with E-state index in [1.165, 1.54) is 9.40 Å². The number of fused-ring (bicyclic) bond motifs is 7. The lowest BCUT2D eigenvalue weighted by Crippen LogP contribution is -2.34. The highest BCUT2D eigenvalue weighted by Crippen LogP contribution is 2.40.